The molecule has 0 aliphatic heterocycles. The monoisotopic (exact) mass is 306 g/mol. The smallest absolute Gasteiger partial charge is 0.269 e. The highest BCUT2D eigenvalue weighted by molar-refractivity contribution is 6.31. The summed E-state index contributed by atoms with van der Waals surface area (Å²) in [6, 6.07) is 13.6. The Hall–Kier alpha value is -1.95. The van der Waals surface area contributed by atoms with E-state index in [1.807, 2.05) is 30.3 Å². The molecule has 2 N–H and O–H groups in total. The lowest BCUT2D eigenvalue weighted by molar-refractivity contribution is -0.384. The Morgan fingerprint density at radius 3 is 2.57 bits per heavy atom. The van der Waals surface area contributed by atoms with Crippen LogP contribution in [0.25, 0.3) is 0 Å². The van der Waals surface area contributed by atoms with Crippen LogP contribution in [0.2, 0.25) is 5.02 Å². The summed E-state index contributed by atoms with van der Waals surface area (Å²) in [5.74, 6) is 0. The lowest BCUT2D eigenvalue weighted by atomic mass is 10.1. The van der Waals surface area contributed by atoms with E-state index in [4.69, 9.17) is 11.6 Å². The van der Waals surface area contributed by atoms with Crippen LogP contribution in [0, 0.1) is 10.1 Å². The molecule has 0 fully saturated rings. The van der Waals surface area contributed by atoms with Crippen molar-refractivity contribution >= 4 is 17.3 Å². The number of hydrogen-bond donors (Lipinski definition) is 2. The van der Waals surface area contributed by atoms with Crippen LogP contribution in [0.4, 0.5) is 5.69 Å². The molecule has 110 valence electrons. The lowest BCUT2D eigenvalue weighted by Gasteiger charge is -2.17. The average molecular weight is 307 g/mol. The molecule has 1 atom stereocenters. The van der Waals surface area contributed by atoms with E-state index in [1.165, 1.54) is 18.2 Å². The van der Waals surface area contributed by atoms with Crippen LogP contribution in [0.1, 0.15) is 17.2 Å². The molecule has 0 amide bonds. The van der Waals surface area contributed by atoms with Crippen molar-refractivity contribution in [3.05, 3.63) is 74.8 Å². The van der Waals surface area contributed by atoms with Crippen LogP contribution >= 0.6 is 11.6 Å². The van der Waals surface area contributed by atoms with E-state index < -0.39 is 4.92 Å². The van der Waals surface area contributed by atoms with Crippen molar-refractivity contribution in [2.24, 2.45) is 0 Å². The summed E-state index contributed by atoms with van der Waals surface area (Å²) in [7, 11) is 0. The van der Waals surface area contributed by atoms with E-state index in [-0.39, 0.29) is 18.3 Å². The summed E-state index contributed by atoms with van der Waals surface area (Å²) in [5.41, 5.74) is 1.57. The fourth-order valence-corrected chi connectivity index (χ4v) is 2.20. The van der Waals surface area contributed by atoms with Crippen LogP contribution in [0.15, 0.2) is 48.5 Å². The highest BCUT2D eigenvalue weighted by Gasteiger charge is 2.13. The van der Waals surface area contributed by atoms with Gasteiger partial charge in [0.05, 0.1) is 17.6 Å². The quantitative estimate of drug-likeness (QED) is 0.635. The summed E-state index contributed by atoms with van der Waals surface area (Å²) >= 11 is 6.05. The number of nitro benzene ring substituents is 1. The van der Waals surface area contributed by atoms with E-state index in [9.17, 15) is 15.2 Å². The van der Waals surface area contributed by atoms with Gasteiger partial charge in [0.2, 0.25) is 0 Å². The minimum Gasteiger partial charge on any atom is -0.394 e. The van der Waals surface area contributed by atoms with Crippen molar-refractivity contribution in [3.8, 4) is 0 Å². The maximum Gasteiger partial charge on any atom is 0.269 e. The fourth-order valence-electron chi connectivity index (χ4n) is 2.02. The summed E-state index contributed by atoms with van der Waals surface area (Å²) in [6.45, 7) is 0.261. The summed E-state index contributed by atoms with van der Waals surface area (Å²) in [4.78, 5) is 10.3. The van der Waals surface area contributed by atoms with Gasteiger partial charge < -0.3 is 10.4 Å². The maximum atomic E-state index is 10.8. The first kappa shape index (κ1) is 15.4. The van der Waals surface area contributed by atoms with Gasteiger partial charge in [-0.3, -0.25) is 10.1 Å². The van der Waals surface area contributed by atoms with Crippen molar-refractivity contribution in [1.82, 2.24) is 5.32 Å². The molecule has 0 saturated carbocycles. The van der Waals surface area contributed by atoms with E-state index >= 15 is 0 Å². The Morgan fingerprint density at radius 1 is 1.24 bits per heavy atom. The van der Waals surface area contributed by atoms with Gasteiger partial charge in [0, 0.05) is 23.7 Å². The van der Waals surface area contributed by atoms with Crippen molar-refractivity contribution < 1.29 is 10.0 Å². The second kappa shape index (κ2) is 7.17. The first-order valence-corrected chi connectivity index (χ1v) is 6.81. The first-order valence-electron chi connectivity index (χ1n) is 6.44. The van der Waals surface area contributed by atoms with Crippen LogP contribution in [-0.4, -0.2) is 16.6 Å². The number of non-ortho nitro benzene ring substituents is 1. The third kappa shape index (κ3) is 4.01. The molecule has 0 saturated heterocycles. The molecule has 0 spiro atoms. The normalized spacial score (nSPS) is 12.1. The van der Waals surface area contributed by atoms with Gasteiger partial charge in [-0.2, -0.15) is 0 Å². The fraction of sp³-hybridized carbons (Fsp3) is 0.200. The molecule has 6 heteroatoms. The SMILES string of the molecule is O=[N+]([O-])c1ccc(Cl)c(CNC(CO)c2ccccc2)c1. The minimum atomic E-state index is -0.458. The summed E-state index contributed by atoms with van der Waals surface area (Å²) < 4.78 is 0. The zero-order valence-electron chi connectivity index (χ0n) is 11.2. The number of nitrogens with one attached hydrogen (secondary N) is 1. The molecule has 2 rings (SSSR count). The van der Waals surface area contributed by atoms with Crippen molar-refractivity contribution in [1.29, 1.82) is 0 Å². The second-order valence-corrected chi connectivity index (χ2v) is 4.97. The number of nitro groups is 1. The molecule has 0 aliphatic rings. The van der Waals surface area contributed by atoms with Gasteiger partial charge in [0.25, 0.3) is 5.69 Å². The van der Waals surface area contributed by atoms with Crippen LogP contribution < -0.4 is 5.32 Å². The molecule has 0 radical (unpaired) electrons. The Kier molecular flexibility index (Phi) is 5.27. The maximum absolute atomic E-state index is 10.8. The van der Waals surface area contributed by atoms with Gasteiger partial charge in [0.15, 0.2) is 0 Å². The number of aliphatic hydroxyl groups is 1. The average Bonchev–Trinajstić information content (AvgIpc) is 2.50. The molecule has 0 aromatic heterocycles. The molecule has 1 unspecified atom stereocenters. The Bertz CT molecular complexity index is 620. The van der Waals surface area contributed by atoms with Gasteiger partial charge in [-0.1, -0.05) is 41.9 Å². The first-order chi connectivity index (χ1) is 10.1. The van der Waals surface area contributed by atoms with Crippen molar-refractivity contribution in [3.63, 3.8) is 0 Å². The van der Waals surface area contributed by atoms with Crippen molar-refractivity contribution in [2.75, 3.05) is 6.61 Å². The highest BCUT2D eigenvalue weighted by atomic mass is 35.5. The van der Waals surface area contributed by atoms with Gasteiger partial charge in [0.1, 0.15) is 0 Å². The topological polar surface area (TPSA) is 75.4 Å². The number of nitrogens with zero attached hydrogens (tertiary/aromatic N) is 1. The zero-order chi connectivity index (χ0) is 15.2. The van der Waals surface area contributed by atoms with Gasteiger partial charge in [-0.05, 0) is 17.2 Å². The molecule has 0 aliphatic carbocycles. The lowest BCUT2D eigenvalue weighted by Crippen LogP contribution is -2.24. The Morgan fingerprint density at radius 2 is 1.95 bits per heavy atom. The zero-order valence-corrected chi connectivity index (χ0v) is 12.0. The molecule has 2 aromatic carbocycles. The van der Waals surface area contributed by atoms with Crippen LogP contribution in [0.5, 0.6) is 0 Å². The predicted octanol–water partition coefficient (Wildman–Crippen LogP) is 3.07. The van der Waals surface area contributed by atoms with E-state index in [0.717, 1.165) is 5.56 Å². The molecular formula is C15H15ClN2O3. The molecule has 2 aromatic rings. The van der Waals surface area contributed by atoms with Gasteiger partial charge in [-0.25, -0.2) is 0 Å². The molecule has 0 heterocycles. The van der Waals surface area contributed by atoms with E-state index in [2.05, 4.69) is 5.32 Å². The molecule has 21 heavy (non-hydrogen) atoms. The van der Waals surface area contributed by atoms with Crippen LogP contribution in [0.3, 0.4) is 0 Å². The summed E-state index contributed by atoms with van der Waals surface area (Å²) in [5, 5.41) is 23.9. The number of rotatable bonds is 6. The summed E-state index contributed by atoms with van der Waals surface area (Å²) in [6.07, 6.45) is 0. The predicted molar refractivity (Wildman–Crippen MR) is 81.2 cm³/mol. The highest BCUT2D eigenvalue weighted by Crippen LogP contribution is 2.23. The van der Waals surface area contributed by atoms with E-state index in [0.29, 0.717) is 17.1 Å². The van der Waals surface area contributed by atoms with Crippen molar-refractivity contribution in [2.45, 2.75) is 12.6 Å². The molecule has 5 nitrogen and oxygen atoms in total. The van der Waals surface area contributed by atoms with Crippen LogP contribution in [-0.2, 0) is 6.54 Å². The number of benzene rings is 2. The largest absolute Gasteiger partial charge is 0.394 e. The third-order valence-electron chi connectivity index (χ3n) is 3.16. The number of halogens is 1. The molecular weight excluding hydrogens is 292 g/mol. The van der Waals surface area contributed by atoms with Gasteiger partial charge >= 0.3 is 0 Å². The number of hydrogen-bond acceptors (Lipinski definition) is 4. The number of aliphatic hydroxyl groups excluding tert-OH is 1. The van der Waals surface area contributed by atoms with E-state index in [1.54, 1.807) is 0 Å². The second-order valence-electron chi connectivity index (χ2n) is 4.56. The Balaban J connectivity index is 2.11. The minimum absolute atomic E-state index is 0.00328. The third-order valence-corrected chi connectivity index (χ3v) is 3.53. The Labute approximate surface area is 127 Å². The molecule has 0 bridgehead atoms. The standard InChI is InChI=1S/C15H15ClN2O3/c16-14-7-6-13(18(20)21)8-12(14)9-17-15(10-19)11-4-2-1-3-5-11/h1-8,15,17,19H,9-10H2. The van der Waals surface area contributed by atoms with Gasteiger partial charge in [-0.15, -0.1) is 0 Å².